The van der Waals surface area contributed by atoms with Crippen LogP contribution in [-0.4, -0.2) is 36.1 Å². The maximum Gasteiger partial charge on any atom is 0.348 e. The fourth-order valence-electron chi connectivity index (χ4n) is 0.890. The average Bonchev–Trinajstić information content (AvgIpc) is 2.00. The molecule has 0 radical (unpaired) electrons. The molecule has 9 heteroatoms. The van der Waals surface area contributed by atoms with Gasteiger partial charge in [-0.3, -0.25) is 9.13 Å². The Morgan fingerprint density at radius 3 is 1.33 bits per heavy atom. The molecule has 0 rings (SSSR count). The van der Waals surface area contributed by atoms with Crippen molar-refractivity contribution in [3.63, 3.8) is 0 Å². The van der Waals surface area contributed by atoms with E-state index >= 15 is 0 Å². The van der Waals surface area contributed by atoms with Crippen molar-refractivity contribution in [1.82, 2.24) is 0 Å². The van der Waals surface area contributed by atoms with Gasteiger partial charge in [-0.2, -0.15) is 0 Å². The highest BCUT2D eigenvalue weighted by atomic mass is 31.2. The molecular weight excluding hydrogens is 258 g/mol. The lowest BCUT2D eigenvalue weighted by molar-refractivity contribution is 0.275. The van der Waals surface area contributed by atoms with Gasteiger partial charge in [0.15, 0.2) is 0 Å². The quantitative estimate of drug-likeness (QED) is 0.548. The van der Waals surface area contributed by atoms with Crippen molar-refractivity contribution < 1.29 is 26.6 Å². The molecule has 2 atom stereocenters. The number of hydrogen-bond acceptors (Lipinski definition) is 6. The lowest BCUT2D eigenvalue weighted by atomic mass is 11.8. The van der Waals surface area contributed by atoms with Gasteiger partial charge in [0.05, 0.1) is 0 Å². The summed E-state index contributed by atoms with van der Waals surface area (Å²) < 4.78 is 42.9. The van der Waals surface area contributed by atoms with E-state index < -0.39 is 23.8 Å². The van der Waals surface area contributed by atoms with Crippen LogP contribution in [-0.2, 0) is 26.6 Å². The third-order valence-corrected chi connectivity index (χ3v) is 8.93. The predicted octanol–water partition coefficient (Wildman–Crippen LogP) is 2.66. The zero-order valence-electron chi connectivity index (χ0n) is 9.84. The van der Waals surface area contributed by atoms with Crippen molar-refractivity contribution in [2.45, 2.75) is 13.1 Å². The second-order valence-electron chi connectivity index (χ2n) is 3.49. The molecule has 0 N–H and O–H groups in total. The lowest BCUT2D eigenvalue weighted by Gasteiger charge is -2.27. The largest absolute Gasteiger partial charge is 0.348 e. The standard InChI is InChI=1S/C6H18O6P2Si/c1-9-13(3,7)11-15(5,6)12-14(4,8)10-2/h1-6H3. The Kier molecular flexibility index (Phi) is 5.41. The molecule has 0 spiro atoms. The van der Waals surface area contributed by atoms with Crippen LogP contribution in [0.5, 0.6) is 0 Å². The van der Waals surface area contributed by atoms with E-state index in [4.69, 9.17) is 8.43 Å². The molecule has 0 aromatic rings. The minimum Gasteiger partial charge on any atom is -0.323 e. The van der Waals surface area contributed by atoms with Crippen LogP contribution < -0.4 is 0 Å². The van der Waals surface area contributed by atoms with E-state index in [1.165, 1.54) is 27.5 Å². The summed E-state index contributed by atoms with van der Waals surface area (Å²) in [7, 11) is -6.49. The van der Waals surface area contributed by atoms with Crippen LogP contribution in [0.2, 0.25) is 13.1 Å². The smallest absolute Gasteiger partial charge is 0.323 e. The average molecular weight is 276 g/mol. The molecule has 2 unspecified atom stereocenters. The van der Waals surface area contributed by atoms with E-state index in [9.17, 15) is 9.13 Å². The van der Waals surface area contributed by atoms with Crippen molar-refractivity contribution >= 4 is 23.8 Å². The Hall–Kier alpha value is 0.517. The monoisotopic (exact) mass is 276 g/mol. The van der Waals surface area contributed by atoms with Gasteiger partial charge in [0, 0.05) is 27.5 Å². The summed E-state index contributed by atoms with van der Waals surface area (Å²) in [5.74, 6) is 0. The Labute approximate surface area is 91.6 Å². The molecule has 0 amide bonds. The molecule has 0 saturated heterocycles. The van der Waals surface area contributed by atoms with Crippen molar-refractivity contribution in [3.05, 3.63) is 0 Å². The van der Waals surface area contributed by atoms with Gasteiger partial charge in [0.2, 0.25) is 0 Å². The predicted molar refractivity (Wildman–Crippen MR) is 60.7 cm³/mol. The zero-order chi connectivity index (χ0) is 12.3. The van der Waals surface area contributed by atoms with E-state index in [1.54, 1.807) is 13.1 Å². The van der Waals surface area contributed by atoms with E-state index in [2.05, 4.69) is 9.05 Å². The third kappa shape index (κ3) is 6.63. The van der Waals surface area contributed by atoms with Gasteiger partial charge < -0.3 is 17.5 Å². The summed E-state index contributed by atoms with van der Waals surface area (Å²) in [5, 5.41) is 0. The van der Waals surface area contributed by atoms with Gasteiger partial charge in [-0.05, 0) is 13.1 Å². The summed E-state index contributed by atoms with van der Waals surface area (Å²) in [5.41, 5.74) is 0. The minimum absolute atomic E-state index is 1.28. The molecule has 92 valence electrons. The Balaban J connectivity index is 4.58. The van der Waals surface area contributed by atoms with Crippen molar-refractivity contribution in [2.24, 2.45) is 0 Å². The Morgan fingerprint density at radius 2 is 1.13 bits per heavy atom. The molecule has 0 saturated carbocycles. The van der Waals surface area contributed by atoms with Gasteiger partial charge in [-0.15, -0.1) is 0 Å². The maximum atomic E-state index is 11.6. The van der Waals surface area contributed by atoms with Crippen LogP contribution in [0.15, 0.2) is 0 Å². The highest BCUT2D eigenvalue weighted by molar-refractivity contribution is 7.56. The van der Waals surface area contributed by atoms with Crippen LogP contribution in [0.4, 0.5) is 0 Å². The highest BCUT2D eigenvalue weighted by Crippen LogP contribution is 2.51. The molecule has 0 bridgehead atoms. The first-order valence-corrected chi connectivity index (χ1v) is 11.0. The van der Waals surface area contributed by atoms with Crippen molar-refractivity contribution in [3.8, 4) is 0 Å². The van der Waals surface area contributed by atoms with Gasteiger partial charge in [0.1, 0.15) is 0 Å². The van der Waals surface area contributed by atoms with Gasteiger partial charge >= 0.3 is 23.8 Å². The first kappa shape index (κ1) is 15.5. The molecule has 0 aliphatic rings. The van der Waals surface area contributed by atoms with Crippen molar-refractivity contribution in [2.75, 3.05) is 27.5 Å². The summed E-state index contributed by atoms with van der Waals surface area (Å²) >= 11 is 0. The minimum atomic E-state index is -3.13. The molecule has 0 fully saturated rings. The lowest BCUT2D eigenvalue weighted by Crippen LogP contribution is -2.32. The second kappa shape index (κ2) is 5.23. The van der Waals surface area contributed by atoms with Crippen LogP contribution in [0.1, 0.15) is 0 Å². The number of hydrogen-bond donors (Lipinski definition) is 0. The molecule has 0 aromatic heterocycles. The summed E-state index contributed by atoms with van der Waals surface area (Å²) in [6, 6.07) is 0. The number of rotatable bonds is 6. The van der Waals surface area contributed by atoms with E-state index in [0.29, 0.717) is 0 Å². The van der Waals surface area contributed by atoms with Crippen LogP contribution in [0.25, 0.3) is 0 Å². The third-order valence-electron chi connectivity index (χ3n) is 1.43. The zero-order valence-corrected chi connectivity index (χ0v) is 12.6. The van der Waals surface area contributed by atoms with Crippen molar-refractivity contribution in [1.29, 1.82) is 0 Å². The first-order valence-electron chi connectivity index (χ1n) is 4.21. The van der Waals surface area contributed by atoms with Crippen LogP contribution in [0, 0.1) is 0 Å². The van der Waals surface area contributed by atoms with Gasteiger partial charge in [-0.1, -0.05) is 0 Å². The van der Waals surface area contributed by atoms with Crippen LogP contribution >= 0.6 is 15.2 Å². The normalized spacial score (nSPS) is 20.7. The maximum absolute atomic E-state index is 11.6. The van der Waals surface area contributed by atoms with E-state index in [1.807, 2.05) is 0 Å². The van der Waals surface area contributed by atoms with E-state index in [-0.39, 0.29) is 0 Å². The van der Waals surface area contributed by atoms with Gasteiger partial charge in [0.25, 0.3) is 0 Å². The highest BCUT2D eigenvalue weighted by Gasteiger charge is 2.38. The van der Waals surface area contributed by atoms with E-state index in [0.717, 1.165) is 0 Å². The SMILES string of the molecule is COP(C)(=O)O[Si](C)(C)OP(C)(=O)OC. The second-order valence-corrected chi connectivity index (χ2v) is 11.6. The molecule has 0 aromatic carbocycles. The Bertz CT molecular complexity index is 276. The first-order chi connectivity index (χ1) is 6.54. The molecule has 0 heterocycles. The summed E-state index contributed by atoms with van der Waals surface area (Å²) in [4.78, 5) is 0. The fraction of sp³-hybridized carbons (Fsp3) is 1.00. The topological polar surface area (TPSA) is 71.1 Å². The molecular formula is C6H18O6P2Si. The van der Waals surface area contributed by atoms with Crippen LogP contribution in [0.3, 0.4) is 0 Å². The molecule has 0 aliphatic carbocycles. The fourth-order valence-corrected chi connectivity index (χ4v) is 8.31. The molecule has 0 aliphatic heterocycles. The summed E-state index contributed by atoms with van der Waals surface area (Å²) in [6.45, 7) is 5.91. The molecule has 15 heavy (non-hydrogen) atoms. The summed E-state index contributed by atoms with van der Waals surface area (Å²) in [6.07, 6.45) is 0. The molecule has 6 nitrogen and oxygen atoms in total. The van der Waals surface area contributed by atoms with Gasteiger partial charge in [-0.25, -0.2) is 0 Å². The Morgan fingerprint density at radius 1 is 0.867 bits per heavy atom.